The minimum Gasteiger partial charge on any atom is -0.495 e. The van der Waals surface area contributed by atoms with Gasteiger partial charge in [0.15, 0.2) is 5.13 Å². The maximum absolute atomic E-state index is 13.3. The number of amides is 1. The minimum atomic E-state index is -3.80. The second kappa shape index (κ2) is 10.6. The number of rotatable bonds is 8. The zero-order valence-electron chi connectivity index (χ0n) is 19.8. The molecule has 1 aromatic heterocycles. The van der Waals surface area contributed by atoms with E-state index in [9.17, 15) is 13.2 Å². The van der Waals surface area contributed by atoms with Crippen molar-refractivity contribution in [2.45, 2.75) is 24.2 Å². The summed E-state index contributed by atoms with van der Waals surface area (Å²) in [6, 6.07) is 9.81. The lowest BCUT2D eigenvalue weighted by Crippen LogP contribution is -2.35. The number of benzene rings is 2. The molecule has 35 heavy (non-hydrogen) atoms. The van der Waals surface area contributed by atoms with E-state index < -0.39 is 15.9 Å². The molecule has 1 aliphatic heterocycles. The molecule has 4 rings (SSSR count). The Hall–Kier alpha value is -3.15. The number of anilines is 2. The summed E-state index contributed by atoms with van der Waals surface area (Å²) in [6.07, 6.45) is 2.63. The van der Waals surface area contributed by atoms with Gasteiger partial charge in [-0.05, 0) is 49.2 Å². The highest BCUT2D eigenvalue weighted by Gasteiger charge is 2.30. The van der Waals surface area contributed by atoms with Gasteiger partial charge < -0.3 is 20.1 Å². The molecule has 2 aromatic carbocycles. The Morgan fingerprint density at radius 3 is 2.40 bits per heavy atom. The average molecular weight is 517 g/mol. The summed E-state index contributed by atoms with van der Waals surface area (Å²) in [6.45, 7) is 0.912. The van der Waals surface area contributed by atoms with Crippen LogP contribution >= 0.6 is 11.3 Å². The molecule has 1 amide bonds. The standard InChI is InChI=1S/C24H28N4O5S2/c1-25-24-27-19(15-34-24)16-7-9-20(32-2)18(13-16)26-23(29)17-8-10-21(33-3)22(14-17)35(30,31)28-11-5-4-6-12-28/h7-10,13-15H,4-6,11-12H2,1-3H3,(H,25,27)(H,26,29). The van der Waals surface area contributed by atoms with Gasteiger partial charge in [-0.15, -0.1) is 11.3 Å². The lowest BCUT2D eigenvalue weighted by Gasteiger charge is -2.26. The number of thiazole rings is 1. The van der Waals surface area contributed by atoms with E-state index in [0.717, 1.165) is 35.7 Å². The monoisotopic (exact) mass is 516 g/mol. The molecule has 186 valence electrons. The Labute approximate surface area is 209 Å². The van der Waals surface area contributed by atoms with Crippen LogP contribution in [0.3, 0.4) is 0 Å². The van der Waals surface area contributed by atoms with Crippen LogP contribution in [0, 0.1) is 0 Å². The molecule has 2 heterocycles. The zero-order valence-corrected chi connectivity index (χ0v) is 21.5. The summed E-state index contributed by atoms with van der Waals surface area (Å²) in [5.74, 6) is 0.212. The average Bonchev–Trinajstić information content (AvgIpc) is 3.38. The molecule has 0 saturated carbocycles. The Bertz CT molecular complexity index is 1320. The zero-order chi connectivity index (χ0) is 25.0. The molecule has 2 N–H and O–H groups in total. The van der Waals surface area contributed by atoms with E-state index in [1.54, 1.807) is 25.2 Å². The Morgan fingerprint density at radius 1 is 1.03 bits per heavy atom. The number of hydrogen-bond donors (Lipinski definition) is 2. The van der Waals surface area contributed by atoms with Crippen molar-refractivity contribution in [3.05, 3.63) is 47.3 Å². The van der Waals surface area contributed by atoms with Crippen LogP contribution in [0.5, 0.6) is 11.5 Å². The largest absolute Gasteiger partial charge is 0.495 e. The quantitative estimate of drug-likeness (QED) is 0.459. The van der Waals surface area contributed by atoms with E-state index in [2.05, 4.69) is 15.6 Å². The number of piperidine rings is 1. The second-order valence-corrected chi connectivity index (χ2v) is 10.8. The minimum absolute atomic E-state index is 0.0164. The molecule has 1 saturated heterocycles. The van der Waals surface area contributed by atoms with E-state index in [0.29, 0.717) is 24.5 Å². The first-order chi connectivity index (χ1) is 16.9. The van der Waals surface area contributed by atoms with Gasteiger partial charge in [-0.1, -0.05) is 6.42 Å². The summed E-state index contributed by atoms with van der Waals surface area (Å²) in [5.41, 5.74) is 2.21. The Kier molecular flexibility index (Phi) is 7.58. The Balaban J connectivity index is 1.65. The van der Waals surface area contributed by atoms with E-state index in [1.807, 2.05) is 11.4 Å². The van der Waals surface area contributed by atoms with Crippen LogP contribution in [0.1, 0.15) is 29.6 Å². The van der Waals surface area contributed by atoms with E-state index in [4.69, 9.17) is 9.47 Å². The van der Waals surface area contributed by atoms with Crippen molar-refractivity contribution < 1.29 is 22.7 Å². The molecule has 3 aromatic rings. The SMILES string of the molecule is CNc1nc(-c2ccc(OC)c(NC(=O)c3ccc(OC)c(S(=O)(=O)N4CCCCC4)c3)c2)cs1. The third-order valence-electron chi connectivity index (χ3n) is 5.82. The molecule has 1 fully saturated rings. The third-order valence-corrected chi connectivity index (χ3v) is 8.60. The molecule has 0 bridgehead atoms. The summed E-state index contributed by atoms with van der Waals surface area (Å²) in [7, 11) is 0.936. The molecular weight excluding hydrogens is 488 g/mol. The second-order valence-electron chi connectivity index (χ2n) is 7.99. The molecule has 1 aliphatic rings. The maximum Gasteiger partial charge on any atom is 0.255 e. The molecule has 9 nitrogen and oxygen atoms in total. The number of methoxy groups -OCH3 is 2. The lowest BCUT2D eigenvalue weighted by atomic mass is 10.1. The number of ether oxygens (including phenoxy) is 2. The van der Waals surface area contributed by atoms with Crippen LogP contribution in [0.2, 0.25) is 0 Å². The number of carbonyl (C=O) groups is 1. The van der Waals surface area contributed by atoms with Gasteiger partial charge in [-0.2, -0.15) is 4.31 Å². The van der Waals surface area contributed by atoms with Crippen LogP contribution in [0.4, 0.5) is 10.8 Å². The van der Waals surface area contributed by atoms with Crippen molar-refractivity contribution in [1.29, 1.82) is 0 Å². The summed E-state index contributed by atoms with van der Waals surface area (Å²) < 4.78 is 38.8. The van der Waals surface area contributed by atoms with Crippen LogP contribution < -0.4 is 20.1 Å². The van der Waals surface area contributed by atoms with Crippen LogP contribution in [-0.2, 0) is 10.0 Å². The van der Waals surface area contributed by atoms with Crippen LogP contribution in [-0.4, -0.2) is 58.0 Å². The smallest absolute Gasteiger partial charge is 0.255 e. The lowest BCUT2D eigenvalue weighted by molar-refractivity contribution is 0.102. The third kappa shape index (κ3) is 5.26. The van der Waals surface area contributed by atoms with Crippen molar-refractivity contribution >= 4 is 38.1 Å². The number of sulfonamides is 1. The van der Waals surface area contributed by atoms with Crippen molar-refractivity contribution in [1.82, 2.24) is 9.29 Å². The summed E-state index contributed by atoms with van der Waals surface area (Å²) in [4.78, 5) is 17.7. The van der Waals surface area contributed by atoms with Gasteiger partial charge in [-0.25, -0.2) is 13.4 Å². The van der Waals surface area contributed by atoms with Crippen molar-refractivity contribution in [3.8, 4) is 22.8 Å². The molecule has 0 atom stereocenters. The van der Waals surface area contributed by atoms with Gasteiger partial charge >= 0.3 is 0 Å². The van der Waals surface area contributed by atoms with Gasteiger partial charge in [-0.3, -0.25) is 4.79 Å². The van der Waals surface area contributed by atoms with Crippen LogP contribution in [0.25, 0.3) is 11.3 Å². The first-order valence-corrected chi connectivity index (χ1v) is 13.5. The van der Waals surface area contributed by atoms with Gasteiger partial charge in [0.2, 0.25) is 10.0 Å². The van der Waals surface area contributed by atoms with Gasteiger partial charge in [0.25, 0.3) is 5.91 Å². The number of nitrogens with zero attached hydrogens (tertiary/aromatic N) is 2. The van der Waals surface area contributed by atoms with E-state index in [-0.39, 0.29) is 16.2 Å². The number of carbonyl (C=O) groups excluding carboxylic acids is 1. The fourth-order valence-electron chi connectivity index (χ4n) is 3.94. The van der Waals surface area contributed by atoms with Crippen molar-refractivity contribution in [3.63, 3.8) is 0 Å². The highest BCUT2D eigenvalue weighted by atomic mass is 32.2. The van der Waals surface area contributed by atoms with E-state index >= 15 is 0 Å². The van der Waals surface area contributed by atoms with E-state index in [1.165, 1.54) is 42.0 Å². The first-order valence-electron chi connectivity index (χ1n) is 11.2. The van der Waals surface area contributed by atoms with Gasteiger partial charge in [0, 0.05) is 36.6 Å². The normalized spacial score (nSPS) is 14.4. The molecular formula is C24H28N4O5S2. The predicted molar refractivity (Wildman–Crippen MR) is 137 cm³/mol. The van der Waals surface area contributed by atoms with Crippen LogP contribution in [0.15, 0.2) is 46.7 Å². The molecule has 0 radical (unpaired) electrons. The molecule has 0 spiro atoms. The number of nitrogens with one attached hydrogen (secondary N) is 2. The Morgan fingerprint density at radius 2 is 1.74 bits per heavy atom. The summed E-state index contributed by atoms with van der Waals surface area (Å²) in [5, 5.41) is 8.56. The van der Waals surface area contributed by atoms with Gasteiger partial charge in [0.05, 0.1) is 25.6 Å². The predicted octanol–water partition coefficient (Wildman–Crippen LogP) is 4.30. The number of hydrogen-bond acceptors (Lipinski definition) is 8. The topological polar surface area (TPSA) is 110 Å². The first kappa shape index (κ1) is 25.0. The van der Waals surface area contributed by atoms with Crippen molar-refractivity contribution in [2.75, 3.05) is 45.0 Å². The molecule has 0 aliphatic carbocycles. The summed E-state index contributed by atoms with van der Waals surface area (Å²) >= 11 is 1.48. The number of aromatic nitrogens is 1. The van der Waals surface area contributed by atoms with Gasteiger partial charge in [0.1, 0.15) is 16.4 Å². The fourth-order valence-corrected chi connectivity index (χ4v) is 6.32. The highest BCUT2D eigenvalue weighted by Crippen LogP contribution is 2.33. The molecule has 0 unspecified atom stereocenters. The van der Waals surface area contributed by atoms with Crippen molar-refractivity contribution in [2.24, 2.45) is 0 Å². The fraction of sp³-hybridized carbons (Fsp3) is 0.333. The maximum atomic E-state index is 13.3. The molecule has 11 heteroatoms. The highest BCUT2D eigenvalue weighted by molar-refractivity contribution is 7.89.